The average molecular weight is 712 g/mol. The van der Waals surface area contributed by atoms with E-state index in [1.54, 1.807) is 49.4 Å². The molecule has 0 radical (unpaired) electrons. The summed E-state index contributed by atoms with van der Waals surface area (Å²) >= 11 is 15.7. The SMILES string of the molecule is COc1ccc(S(=O)(=O)N(CC(=O)N(Cc2ccc(Cl)c(Cl)c2)[C@H](C)C(=O)NC2CCCC2)c2ccc(C)cc2)cc1Br. The number of sulfonamides is 1. The van der Waals surface area contributed by atoms with Gasteiger partial charge in [-0.1, -0.05) is 59.8 Å². The molecule has 0 aromatic heterocycles. The fraction of sp³-hybridized carbons (Fsp3) is 0.355. The molecule has 3 aromatic rings. The molecule has 0 spiro atoms. The molecule has 0 saturated heterocycles. The Morgan fingerprint density at radius 1 is 1.02 bits per heavy atom. The Hall–Kier alpha value is -2.79. The van der Waals surface area contributed by atoms with E-state index in [9.17, 15) is 18.0 Å². The number of aryl methyl sites for hydroxylation is 1. The van der Waals surface area contributed by atoms with Crippen LogP contribution in [-0.2, 0) is 26.2 Å². The largest absolute Gasteiger partial charge is 0.496 e. The first kappa shape index (κ1) is 33.1. The summed E-state index contributed by atoms with van der Waals surface area (Å²) in [5.74, 6) is -0.396. The van der Waals surface area contributed by atoms with Crippen molar-refractivity contribution in [3.63, 3.8) is 0 Å². The Morgan fingerprint density at radius 2 is 1.70 bits per heavy atom. The van der Waals surface area contributed by atoms with Crippen molar-refractivity contribution in [2.45, 2.75) is 63.1 Å². The van der Waals surface area contributed by atoms with E-state index in [0.717, 1.165) is 35.6 Å². The van der Waals surface area contributed by atoms with Crippen LogP contribution in [0.3, 0.4) is 0 Å². The van der Waals surface area contributed by atoms with Crippen molar-refractivity contribution in [1.29, 1.82) is 0 Å². The minimum atomic E-state index is -4.23. The number of carbonyl (C=O) groups is 2. The van der Waals surface area contributed by atoms with E-state index in [0.29, 0.717) is 31.5 Å². The van der Waals surface area contributed by atoms with E-state index >= 15 is 0 Å². The molecular weight excluding hydrogens is 677 g/mol. The topological polar surface area (TPSA) is 96.0 Å². The van der Waals surface area contributed by atoms with Gasteiger partial charge in [-0.2, -0.15) is 0 Å². The van der Waals surface area contributed by atoms with Crippen LogP contribution in [0.5, 0.6) is 5.75 Å². The maximum atomic E-state index is 14.1. The lowest BCUT2D eigenvalue weighted by atomic mass is 10.1. The van der Waals surface area contributed by atoms with E-state index in [-0.39, 0.29) is 23.4 Å². The summed E-state index contributed by atoms with van der Waals surface area (Å²) in [7, 11) is -2.75. The zero-order valence-corrected chi connectivity index (χ0v) is 28.1. The second-order valence-electron chi connectivity index (χ2n) is 10.6. The number of amides is 2. The van der Waals surface area contributed by atoms with E-state index in [4.69, 9.17) is 27.9 Å². The van der Waals surface area contributed by atoms with Gasteiger partial charge in [0.2, 0.25) is 11.8 Å². The highest BCUT2D eigenvalue weighted by molar-refractivity contribution is 9.10. The van der Waals surface area contributed by atoms with Crippen LogP contribution in [0.25, 0.3) is 0 Å². The Kier molecular flexibility index (Phi) is 11.0. The number of methoxy groups -OCH3 is 1. The number of rotatable bonds is 11. The van der Waals surface area contributed by atoms with E-state index in [1.807, 2.05) is 6.92 Å². The Morgan fingerprint density at radius 3 is 2.30 bits per heavy atom. The van der Waals surface area contributed by atoms with Gasteiger partial charge in [0, 0.05) is 12.6 Å². The van der Waals surface area contributed by atoms with Gasteiger partial charge in [-0.05, 0) is 90.6 Å². The van der Waals surface area contributed by atoms with E-state index in [2.05, 4.69) is 21.2 Å². The number of benzene rings is 3. The molecule has 0 aliphatic heterocycles. The molecule has 12 heteroatoms. The third-order valence-corrected chi connectivity index (χ3v) is 10.6. The van der Waals surface area contributed by atoms with Crippen molar-refractivity contribution < 1.29 is 22.7 Å². The van der Waals surface area contributed by atoms with Crippen molar-refractivity contribution >= 4 is 66.7 Å². The van der Waals surface area contributed by atoms with Crippen LogP contribution in [-0.4, -0.2) is 50.9 Å². The van der Waals surface area contributed by atoms with Gasteiger partial charge >= 0.3 is 0 Å². The van der Waals surface area contributed by atoms with Crippen molar-refractivity contribution in [2.75, 3.05) is 18.0 Å². The van der Waals surface area contributed by atoms with Gasteiger partial charge in [0.25, 0.3) is 10.0 Å². The standard InChI is InChI=1S/C31H34BrCl2N3O5S/c1-20-8-11-24(12-9-20)37(43(40,41)25-13-15-29(42-3)26(32)17-25)19-30(38)36(18-22-10-14-27(33)28(34)16-22)21(2)31(39)35-23-6-4-5-7-23/h8-17,21,23H,4-7,18-19H2,1-3H3,(H,35,39)/t21-/m1/s1. The fourth-order valence-corrected chi connectivity index (χ4v) is 7.44. The molecule has 0 unspecified atom stereocenters. The molecule has 1 fully saturated rings. The van der Waals surface area contributed by atoms with Crippen molar-refractivity contribution in [1.82, 2.24) is 10.2 Å². The number of nitrogens with zero attached hydrogens (tertiary/aromatic N) is 2. The summed E-state index contributed by atoms with van der Waals surface area (Å²) in [4.78, 5) is 28.8. The van der Waals surface area contributed by atoms with Crippen LogP contribution in [0.2, 0.25) is 10.0 Å². The molecule has 0 bridgehead atoms. The molecule has 2 amide bonds. The second-order valence-corrected chi connectivity index (χ2v) is 14.1. The molecule has 8 nitrogen and oxygen atoms in total. The molecule has 1 aliphatic carbocycles. The Bertz CT molecular complexity index is 1580. The Balaban J connectivity index is 1.71. The lowest BCUT2D eigenvalue weighted by Crippen LogP contribution is -2.52. The number of hydrogen-bond acceptors (Lipinski definition) is 5. The van der Waals surface area contributed by atoms with Crippen molar-refractivity contribution in [3.8, 4) is 5.75 Å². The molecule has 43 heavy (non-hydrogen) atoms. The molecule has 1 aliphatic rings. The number of ether oxygens (including phenoxy) is 1. The summed E-state index contributed by atoms with van der Waals surface area (Å²) in [6.07, 6.45) is 3.85. The normalized spacial score (nSPS) is 14.3. The average Bonchev–Trinajstić information content (AvgIpc) is 3.49. The van der Waals surface area contributed by atoms with E-state index < -0.39 is 28.5 Å². The highest BCUT2D eigenvalue weighted by atomic mass is 79.9. The third-order valence-electron chi connectivity index (χ3n) is 7.52. The molecule has 1 N–H and O–H groups in total. The first-order valence-electron chi connectivity index (χ1n) is 13.9. The number of halogens is 3. The number of nitrogens with one attached hydrogen (secondary N) is 1. The summed E-state index contributed by atoms with van der Waals surface area (Å²) < 4.78 is 34.9. The molecule has 230 valence electrons. The Labute approximate surface area is 271 Å². The summed E-state index contributed by atoms with van der Waals surface area (Å²) in [6, 6.07) is 15.4. The lowest BCUT2D eigenvalue weighted by Gasteiger charge is -2.32. The van der Waals surface area contributed by atoms with Crippen molar-refractivity contribution in [2.24, 2.45) is 0 Å². The highest BCUT2D eigenvalue weighted by Gasteiger charge is 2.33. The van der Waals surface area contributed by atoms with Gasteiger partial charge < -0.3 is 15.0 Å². The third kappa shape index (κ3) is 8.03. The van der Waals surface area contributed by atoms with Crippen LogP contribution in [0, 0.1) is 6.92 Å². The highest BCUT2D eigenvalue weighted by Crippen LogP contribution is 2.31. The summed E-state index contributed by atoms with van der Waals surface area (Å²) in [5.41, 5.74) is 1.88. The molecule has 3 aromatic carbocycles. The molecular formula is C31H34BrCl2N3O5S. The number of carbonyl (C=O) groups excluding carboxylic acids is 2. The monoisotopic (exact) mass is 709 g/mol. The fourth-order valence-electron chi connectivity index (χ4n) is 4.98. The van der Waals surface area contributed by atoms with Crippen LogP contribution < -0.4 is 14.4 Å². The van der Waals surface area contributed by atoms with Crippen LogP contribution in [0.4, 0.5) is 5.69 Å². The van der Waals surface area contributed by atoms with Gasteiger partial charge in [0.05, 0.1) is 32.2 Å². The maximum absolute atomic E-state index is 14.1. The van der Waals surface area contributed by atoms with Crippen LogP contribution in [0.1, 0.15) is 43.7 Å². The number of anilines is 1. The zero-order valence-electron chi connectivity index (χ0n) is 24.1. The number of hydrogen-bond donors (Lipinski definition) is 1. The predicted octanol–water partition coefficient (Wildman–Crippen LogP) is 6.74. The molecule has 0 heterocycles. The quantitative estimate of drug-likeness (QED) is 0.238. The van der Waals surface area contributed by atoms with Crippen molar-refractivity contribution in [3.05, 3.63) is 86.3 Å². The second kappa shape index (κ2) is 14.3. The maximum Gasteiger partial charge on any atom is 0.264 e. The van der Waals surface area contributed by atoms with Crippen LogP contribution in [0.15, 0.2) is 70.0 Å². The smallest absolute Gasteiger partial charge is 0.264 e. The van der Waals surface area contributed by atoms with E-state index in [1.165, 1.54) is 30.2 Å². The van der Waals surface area contributed by atoms with Gasteiger partial charge in [-0.15, -0.1) is 0 Å². The first-order valence-corrected chi connectivity index (χ1v) is 16.9. The summed E-state index contributed by atoms with van der Waals surface area (Å²) in [5, 5.41) is 3.72. The minimum Gasteiger partial charge on any atom is -0.496 e. The molecule has 1 atom stereocenters. The molecule has 1 saturated carbocycles. The van der Waals surface area contributed by atoms with Gasteiger partial charge in [-0.25, -0.2) is 8.42 Å². The zero-order chi connectivity index (χ0) is 31.3. The summed E-state index contributed by atoms with van der Waals surface area (Å²) in [6.45, 7) is 3.01. The van der Waals surface area contributed by atoms with Gasteiger partial charge in [0.1, 0.15) is 18.3 Å². The van der Waals surface area contributed by atoms with Gasteiger partial charge in [0.15, 0.2) is 0 Å². The first-order chi connectivity index (χ1) is 20.4. The molecule has 4 rings (SSSR count). The lowest BCUT2D eigenvalue weighted by molar-refractivity contribution is -0.139. The van der Waals surface area contributed by atoms with Gasteiger partial charge in [-0.3, -0.25) is 13.9 Å². The predicted molar refractivity (Wildman–Crippen MR) is 173 cm³/mol. The minimum absolute atomic E-state index is 0.0187. The van der Waals surface area contributed by atoms with Crippen LogP contribution >= 0.6 is 39.1 Å².